The highest BCUT2D eigenvalue weighted by Gasteiger charge is 2.36. The van der Waals surface area contributed by atoms with Crippen LogP contribution in [0.15, 0.2) is 54.9 Å². The van der Waals surface area contributed by atoms with Gasteiger partial charge in [-0.3, -0.25) is 9.78 Å². The van der Waals surface area contributed by atoms with Gasteiger partial charge in [0.15, 0.2) is 0 Å². The first-order chi connectivity index (χ1) is 24.5. The van der Waals surface area contributed by atoms with E-state index in [0.29, 0.717) is 61.8 Å². The van der Waals surface area contributed by atoms with Gasteiger partial charge in [-0.05, 0) is 92.9 Å². The zero-order valence-corrected chi connectivity index (χ0v) is 29.0. The molecule has 1 atom stereocenters. The van der Waals surface area contributed by atoms with Crippen LogP contribution in [0.5, 0.6) is 0 Å². The van der Waals surface area contributed by atoms with Crippen molar-refractivity contribution in [1.29, 1.82) is 0 Å². The van der Waals surface area contributed by atoms with Gasteiger partial charge in [-0.2, -0.15) is 13.2 Å². The van der Waals surface area contributed by atoms with E-state index in [1.165, 1.54) is 6.07 Å². The van der Waals surface area contributed by atoms with Crippen LogP contribution < -0.4 is 16.4 Å². The highest BCUT2D eigenvalue weighted by atomic mass is 35.5. The van der Waals surface area contributed by atoms with E-state index in [4.69, 9.17) is 22.3 Å². The molecule has 1 unspecified atom stereocenters. The predicted molar refractivity (Wildman–Crippen MR) is 191 cm³/mol. The Labute approximate surface area is 299 Å². The summed E-state index contributed by atoms with van der Waals surface area (Å²) in [5.74, 6) is 0.349. The first-order valence-corrected chi connectivity index (χ1v) is 18.0. The van der Waals surface area contributed by atoms with Gasteiger partial charge in [0, 0.05) is 56.4 Å². The monoisotopic (exact) mass is 722 g/mol. The molecular weight excluding hydrogens is 681 g/mol. The number of urea groups is 1. The van der Waals surface area contributed by atoms with Crippen molar-refractivity contribution in [1.82, 2.24) is 29.7 Å². The van der Waals surface area contributed by atoms with Gasteiger partial charge in [-0.15, -0.1) is 0 Å². The lowest BCUT2D eigenvalue weighted by molar-refractivity contribution is -0.137. The number of aromatic nitrogens is 3. The Kier molecular flexibility index (Phi) is 10.1. The lowest BCUT2D eigenvalue weighted by atomic mass is 9.92. The van der Waals surface area contributed by atoms with E-state index in [-0.39, 0.29) is 35.8 Å². The van der Waals surface area contributed by atoms with Crippen LogP contribution in [0.2, 0.25) is 5.02 Å². The van der Waals surface area contributed by atoms with Crippen molar-refractivity contribution >= 4 is 45.9 Å². The predicted octanol–water partition coefficient (Wildman–Crippen LogP) is 6.48. The number of nitrogens with two attached hydrogens (primary N) is 1. The molecule has 270 valence electrons. The number of carbonyl (C=O) groups is 2. The highest BCUT2D eigenvalue weighted by molar-refractivity contribution is 6.33. The number of halogens is 4. The number of anilines is 2. The summed E-state index contributed by atoms with van der Waals surface area (Å²) in [5, 5.41) is 6.26. The van der Waals surface area contributed by atoms with Gasteiger partial charge in [-0.1, -0.05) is 29.8 Å². The van der Waals surface area contributed by atoms with Crippen LogP contribution in [0.4, 0.5) is 29.3 Å². The number of piperidine rings is 2. The van der Waals surface area contributed by atoms with Crippen LogP contribution in [0.1, 0.15) is 60.5 Å². The third-order valence-corrected chi connectivity index (χ3v) is 11.0. The summed E-state index contributed by atoms with van der Waals surface area (Å²) in [6.07, 6.45) is 2.79. The quantitative estimate of drug-likeness (QED) is 0.179. The van der Waals surface area contributed by atoms with Crippen LogP contribution in [-0.4, -0.2) is 75.0 Å². The molecule has 5 heterocycles. The molecule has 4 N–H and O–H groups in total. The molecular formula is C37H42ClF3N8O2. The number of alkyl halides is 3. The average molecular weight is 723 g/mol. The lowest BCUT2D eigenvalue weighted by Crippen LogP contribution is -2.50. The van der Waals surface area contributed by atoms with Crippen molar-refractivity contribution in [3.8, 4) is 0 Å². The Bertz CT molecular complexity index is 1900. The van der Waals surface area contributed by atoms with E-state index in [0.717, 1.165) is 55.2 Å². The molecule has 0 radical (unpaired) electrons. The Morgan fingerprint density at radius 3 is 2.59 bits per heavy atom. The van der Waals surface area contributed by atoms with Crippen LogP contribution in [0.25, 0.3) is 11.0 Å². The largest absolute Gasteiger partial charge is 0.418 e. The molecule has 0 bridgehead atoms. The SMILES string of the molecule is Nc1c(Cl)cc(CC(CC(=O)N2CCC(N3CCc4ccccc4NC3=O)CC2)c2nc3cnccc3n2CC2CCNCC2)cc1C(F)(F)F. The molecule has 0 saturated carbocycles. The van der Waals surface area contributed by atoms with E-state index in [1.54, 1.807) is 12.4 Å². The number of para-hydroxylation sites is 1. The number of hydrogen-bond donors (Lipinski definition) is 3. The molecule has 0 aliphatic carbocycles. The Morgan fingerprint density at radius 2 is 1.82 bits per heavy atom. The number of fused-ring (bicyclic) bond motifs is 2. The van der Waals surface area contributed by atoms with Crippen molar-refractivity contribution in [2.24, 2.45) is 5.92 Å². The van der Waals surface area contributed by atoms with Crippen LogP contribution >= 0.6 is 11.6 Å². The van der Waals surface area contributed by atoms with Crippen molar-refractivity contribution in [2.45, 2.75) is 69.6 Å². The molecule has 51 heavy (non-hydrogen) atoms. The van der Waals surface area contributed by atoms with Crippen molar-refractivity contribution < 1.29 is 22.8 Å². The standard InChI is InChI=1S/C37H42ClF3N8O2/c38-29-19-24(18-28(34(29)42)37(39,40)41)17-26(35-45-31-21-44-13-7-32(31)49(35)22-23-5-11-43-12-6-23)20-33(50)47-14-9-27(10-15-47)48-16-8-25-3-1-2-4-30(25)46-36(48)51/h1-4,7,13,18-19,21,23,26-27,43H,5-6,8-12,14-17,20,22,42H2,(H,46,51). The minimum Gasteiger partial charge on any atom is -0.397 e. The number of rotatable bonds is 8. The summed E-state index contributed by atoms with van der Waals surface area (Å²) in [6, 6.07) is 12.1. The van der Waals surface area contributed by atoms with Gasteiger partial charge in [-0.25, -0.2) is 9.78 Å². The number of pyridine rings is 1. The number of nitrogens with zero attached hydrogens (tertiary/aromatic N) is 5. The highest BCUT2D eigenvalue weighted by Crippen LogP contribution is 2.39. The molecule has 3 amide bonds. The number of nitrogens with one attached hydrogen (secondary N) is 2. The molecule has 4 aromatic rings. The molecule has 2 aromatic heterocycles. The van der Waals surface area contributed by atoms with Crippen molar-refractivity contribution in [2.75, 3.05) is 43.8 Å². The van der Waals surface area contributed by atoms with Gasteiger partial charge in [0.05, 0.1) is 28.0 Å². The second-order valence-electron chi connectivity index (χ2n) is 13.9. The van der Waals surface area contributed by atoms with Crippen LogP contribution in [0.3, 0.4) is 0 Å². The van der Waals surface area contributed by atoms with Gasteiger partial charge in [0.1, 0.15) is 11.3 Å². The second kappa shape index (κ2) is 14.7. The minimum atomic E-state index is -4.69. The Hall–Kier alpha value is -4.36. The molecule has 7 rings (SSSR count). The maximum absolute atomic E-state index is 14.1. The van der Waals surface area contributed by atoms with Gasteiger partial charge in [0.2, 0.25) is 5.91 Å². The summed E-state index contributed by atoms with van der Waals surface area (Å²) in [6.45, 7) is 4.01. The third kappa shape index (κ3) is 7.64. The first-order valence-electron chi connectivity index (χ1n) is 17.6. The van der Waals surface area contributed by atoms with Crippen molar-refractivity contribution in [3.05, 3.63) is 82.4 Å². The summed E-state index contributed by atoms with van der Waals surface area (Å²) in [5.41, 5.74) is 8.05. The maximum Gasteiger partial charge on any atom is 0.418 e. The van der Waals surface area contributed by atoms with E-state index in [9.17, 15) is 22.8 Å². The third-order valence-electron chi connectivity index (χ3n) is 10.6. The molecule has 0 spiro atoms. The van der Waals surface area contributed by atoms with Crippen LogP contribution in [-0.2, 0) is 30.4 Å². The first kappa shape index (κ1) is 35.1. The molecule has 2 aromatic carbocycles. The molecule has 3 aliphatic heterocycles. The molecule has 2 fully saturated rings. The smallest absolute Gasteiger partial charge is 0.397 e. The topological polar surface area (TPSA) is 121 Å². The van der Waals surface area contributed by atoms with E-state index in [1.807, 2.05) is 40.1 Å². The number of imidazole rings is 1. The zero-order chi connectivity index (χ0) is 35.7. The number of amides is 3. The van der Waals surface area contributed by atoms with E-state index < -0.39 is 23.3 Å². The van der Waals surface area contributed by atoms with Crippen LogP contribution in [0, 0.1) is 5.92 Å². The fraction of sp³-hybridized carbons (Fsp3) is 0.459. The minimum absolute atomic E-state index is 0.0152. The van der Waals surface area contributed by atoms with E-state index >= 15 is 0 Å². The zero-order valence-electron chi connectivity index (χ0n) is 28.3. The average Bonchev–Trinajstić information content (AvgIpc) is 3.38. The summed E-state index contributed by atoms with van der Waals surface area (Å²) in [4.78, 5) is 40.2. The van der Waals surface area contributed by atoms with Crippen molar-refractivity contribution in [3.63, 3.8) is 0 Å². The molecule has 10 nitrogen and oxygen atoms in total. The Balaban J connectivity index is 1.14. The summed E-state index contributed by atoms with van der Waals surface area (Å²) < 4.78 is 44.2. The number of carbonyl (C=O) groups excluding carboxylic acids is 2. The summed E-state index contributed by atoms with van der Waals surface area (Å²) in [7, 11) is 0. The number of nitrogen functional groups attached to an aromatic ring is 1. The van der Waals surface area contributed by atoms with Gasteiger partial charge in [0.25, 0.3) is 0 Å². The normalized spacial score (nSPS) is 18.4. The lowest BCUT2D eigenvalue weighted by Gasteiger charge is -2.38. The fourth-order valence-electron chi connectivity index (χ4n) is 7.90. The maximum atomic E-state index is 14.1. The number of benzene rings is 2. The number of hydrogen-bond acceptors (Lipinski definition) is 6. The fourth-order valence-corrected chi connectivity index (χ4v) is 8.14. The molecule has 14 heteroatoms. The second-order valence-corrected chi connectivity index (χ2v) is 14.3. The van der Waals surface area contributed by atoms with Gasteiger partial charge < -0.3 is 30.7 Å². The van der Waals surface area contributed by atoms with Gasteiger partial charge >= 0.3 is 12.2 Å². The molecule has 2 saturated heterocycles. The van der Waals surface area contributed by atoms with E-state index in [2.05, 4.69) is 20.2 Å². The number of likely N-dealkylation sites (tertiary alicyclic amines) is 1. The Morgan fingerprint density at radius 1 is 1.06 bits per heavy atom. The summed E-state index contributed by atoms with van der Waals surface area (Å²) >= 11 is 6.26. The molecule has 3 aliphatic rings.